The van der Waals surface area contributed by atoms with Crippen LogP contribution in [0.25, 0.3) is 0 Å². The maximum absolute atomic E-state index is 12.7. The molecule has 1 aromatic carbocycles. The van der Waals surface area contributed by atoms with Gasteiger partial charge in [0.05, 0.1) is 17.4 Å². The van der Waals surface area contributed by atoms with Gasteiger partial charge in [-0.3, -0.25) is 9.59 Å². The van der Waals surface area contributed by atoms with Crippen LogP contribution in [0.4, 0.5) is 18.9 Å². The summed E-state index contributed by atoms with van der Waals surface area (Å²) in [4.78, 5) is 23.8. The molecule has 4 nitrogen and oxygen atoms in total. The lowest BCUT2D eigenvalue weighted by Gasteiger charge is -2.24. The highest BCUT2D eigenvalue weighted by Crippen LogP contribution is 2.48. The van der Waals surface area contributed by atoms with E-state index >= 15 is 0 Å². The van der Waals surface area contributed by atoms with E-state index in [4.69, 9.17) is 0 Å². The number of aliphatic carboxylic acids is 1. The van der Waals surface area contributed by atoms with E-state index in [1.54, 1.807) is 6.08 Å². The van der Waals surface area contributed by atoms with Gasteiger partial charge in [0.2, 0.25) is 5.91 Å². The van der Waals surface area contributed by atoms with Crippen molar-refractivity contribution in [2.24, 2.45) is 23.7 Å². The van der Waals surface area contributed by atoms with Gasteiger partial charge in [-0.15, -0.1) is 0 Å². The number of anilines is 1. The molecular formula is C16H14F3NO3. The van der Waals surface area contributed by atoms with Crippen molar-refractivity contribution >= 4 is 17.6 Å². The first-order chi connectivity index (χ1) is 10.8. The number of amides is 1. The molecule has 1 saturated carbocycles. The molecule has 2 aliphatic carbocycles. The highest BCUT2D eigenvalue weighted by atomic mass is 19.4. The summed E-state index contributed by atoms with van der Waals surface area (Å²) in [6.07, 6.45) is -0.283. The van der Waals surface area contributed by atoms with Crippen LogP contribution in [-0.4, -0.2) is 17.0 Å². The molecule has 2 bridgehead atoms. The van der Waals surface area contributed by atoms with Crippen molar-refractivity contribution in [3.8, 4) is 0 Å². The second-order valence-electron chi connectivity index (χ2n) is 5.91. The molecule has 1 aromatic rings. The maximum atomic E-state index is 12.7. The molecule has 4 atom stereocenters. The number of carbonyl (C=O) groups is 2. The minimum absolute atomic E-state index is 0.0146. The average Bonchev–Trinajstić information content (AvgIpc) is 3.07. The number of hydrogen-bond acceptors (Lipinski definition) is 2. The predicted molar refractivity (Wildman–Crippen MR) is 75.4 cm³/mol. The first-order valence-corrected chi connectivity index (χ1v) is 7.16. The van der Waals surface area contributed by atoms with Crippen LogP contribution in [-0.2, 0) is 15.8 Å². The van der Waals surface area contributed by atoms with Gasteiger partial charge in [-0.25, -0.2) is 0 Å². The third-order valence-electron chi connectivity index (χ3n) is 4.50. The number of allylic oxidation sites excluding steroid dienone is 2. The van der Waals surface area contributed by atoms with E-state index in [-0.39, 0.29) is 17.5 Å². The lowest BCUT2D eigenvalue weighted by molar-refractivity contribution is -0.146. The molecule has 2 N–H and O–H groups in total. The third-order valence-corrected chi connectivity index (χ3v) is 4.50. The summed E-state index contributed by atoms with van der Waals surface area (Å²) >= 11 is 0. The van der Waals surface area contributed by atoms with Gasteiger partial charge in [-0.1, -0.05) is 18.2 Å². The first kappa shape index (κ1) is 15.6. The Morgan fingerprint density at radius 1 is 1.13 bits per heavy atom. The largest absolute Gasteiger partial charge is 0.481 e. The Hall–Kier alpha value is -2.31. The summed E-state index contributed by atoms with van der Waals surface area (Å²) in [5, 5.41) is 11.7. The van der Waals surface area contributed by atoms with Crippen LogP contribution in [0.3, 0.4) is 0 Å². The van der Waals surface area contributed by atoms with E-state index in [9.17, 15) is 27.9 Å². The Morgan fingerprint density at radius 2 is 1.78 bits per heavy atom. The van der Waals surface area contributed by atoms with Crippen LogP contribution >= 0.6 is 0 Å². The van der Waals surface area contributed by atoms with E-state index < -0.39 is 35.5 Å². The molecule has 0 radical (unpaired) electrons. The van der Waals surface area contributed by atoms with Gasteiger partial charge in [0, 0.05) is 5.69 Å². The van der Waals surface area contributed by atoms with Gasteiger partial charge in [-0.05, 0) is 36.5 Å². The van der Waals surface area contributed by atoms with Crippen molar-refractivity contribution in [1.82, 2.24) is 0 Å². The Kier molecular flexibility index (Phi) is 3.66. The first-order valence-electron chi connectivity index (χ1n) is 7.16. The predicted octanol–water partition coefficient (Wildman–Crippen LogP) is 3.17. The van der Waals surface area contributed by atoms with E-state index in [1.807, 2.05) is 6.08 Å². The summed E-state index contributed by atoms with van der Waals surface area (Å²) in [6.45, 7) is 0. The van der Waals surface area contributed by atoms with Gasteiger partial charge < -0.3 is 10.4 Å². The number of fused-ring (bicyclic) bond motifs is 2. The topological polar surface area (TPSA) is 66.4 Å². The van der Waals surface area contributed by atoms with Crippen LogP contribution in [0.15, 0.2) is 36.4 Å². The van der Waals surface area contributed by atoms with E-state index in [0.29, 0.717) is 6.42 Å². The number of alkyl halides is 3. The molecule has 122 valence electrons. The number of benzene rings is 1. The Bertz CT molecular complexity index is 683. The molecule has 23 heavy (non-hydrogen) atoms. The zero-order valence-corrected chi connectivity index (χ0v) is 11.9. The van der Waals surface area contributed by atoms with Crippen LogP contribution in [0.2, 0.25) is 0 Å². The number of rotatable bonds is 3. The van der Waals surface area contributed by atoms with Crippen LogP contribution in [0.1, 0.15) is 12.0 Å². The molecular weight excluding hydrogens is 311 g/mol. The van der Waals surface area contributed by atoms with Gasteiger partial charge in [0.1, 0.15) is 0 Å². The molecule has 7 heteroatoms. The Morgan fingerprint density at radius 3 is 2.39 bits per heavy atom. The van der Waals surface area contributed by atoms with Crippen LogP contribution < -0.4 is 5.32 Å². The fourth-order valence-corrected chi connectivity index (χ4v) is 3.52. The molecule has 0 saturated heterocycles. The second-order valence-corrected chi connectivity index (χ2v) is 5.91. The number of carbonyl (C=O) groups excluding carboxylic acids is 1. The van der Waals surface area contributed by atoms with Crippen molar-refractivity contribution in [3.63, 3.8) is 0 Å². The standard InChI is InChI=1S/C16H14F3NO3/c17-16(18,19)10-2-1-3-11(7-10)20-14(21)12-8-4-5-9(6-8)13(12)15(22)23/h1-5,7-9,12-13H,6H2,(H,20,21)(H,22,23)/t8-,9+,12+,13+/m1/s1. The SMILES string of the molecule is O=C(Nc1cccc(C(F)(F)F)c1)[C@@H]1[C@@H](C(=O)O)[C@H]2C=C[C@@H]1C2. The maximum Gasteiger partial charge on any atom is 0.416 e. The normalized spacial score (nSPS) is 28.8. The number of nitrogens with one attached hydrogen (secondary N) is 1. The Labute approximate surface area is 130 Å². The number of carboxylic acid groups (broad SMARTS) is 1. The molecule has 0 aliphatic heterocycles. The lowest BCUT2D eigenvalue weighted by Crippen LogP contribution is -2.36. The van der Waals surface area contributed by atoms with Gasteiger partial charge >= 0.3 is 12.1 Å². The average molecular weight is 325 g/mol. The van der Waals surface area contributed by atoms with Gasteiger partial charge in [0.25, 0.3) is 0 Å². The Balaban J connectivity index is 1.80. The number of halogens is 3. The molecule has 2 aliphatic rings. The smallest absolute Gasteiger partial charge is 0.416 e. The number of hydrogen-bond donors (Lipinski definition) is 2. The third kappa shape index (κ3) is 2.83. The van der Waals surface area contributed by atoms with Crippen molar-refractivity contribution in [1.29, 1.82) is 0 Å². The molecule has 3 rings (SSSR count). The summed E-state index contributed by atoms with van der Waals surface area (Å²) < 4.78 is 38.1. The molecule has 1 amide bonds. The fraction of sp³-hybridized carbons (Fsp3) is 0.375. The minimum Gasteiger partial charge on any atom is -0.481 e. The van der Waals surface area contributed by atoms with Crippen LogP contribution in [0, 0.1) is 23.7 Å². The van der Waals surface area contributed by atoms with E-state index in [1.165, 1.54) is 12.1 Å². The van der Waals surface area contributed by atoms with Crippen molar-refractivity contribution in [2.75, 3.05) is 5.32 Å². The monoisotopic (exact) mass is 325 g/mol. The summed E-state index contributed by atoms with van der Waals surface area (Å²) in [6, 6.07) is 4.31. The molecule has 0 heterocycles. The second kappa shape index (κ2) is 5.40. The summed E-state index contributed by atoms with van der Waals surface area (Å²) in [7, 11) is 0. The van der Waals surface area contributed by atoms with Gasteiger partial charge in [0.15, 0.2) is 0 Å². The van der Waals surface area contributed by atoms with Crippen LogP contribution in [0.5, 0.6) is 0 Å². The van der Waals surface area contributed by atoms with Gasteiger partial charge in [-0.2, -0.15) is 13.2 Å². The molecule has 0 spiro atoms. The minimum atomic E-state index is -4.50. The number of carboxylic acids is 1. The zero-order valence-electron chi connectivity index (χ0n) is 11.9. The summed E-state index contributed by atoms with van der Waals surface area (Å²) in [5.41, 5.74) is -0.848. The van der Waals surface area contributed by atoms with E-state index in [2.05, 4.69) is 5.32 Å². The molecule has 1 fully saturated rings. The zero-order chi connectivity index (χ0) is 16.8. The van der Waals surface area contributed by atoms with Crippen molar-refractivity contribution in [2.45, 2.75) is 12.6 Å². The quantitative estimate of drug-likeness (QED) is 0.839. The lowest BCUT2D eigenvalue weighted by atomic mass is 9.82. The summed E-state index contributed by atoms with van der Waals surface area (Å²) in [5.74, 6) is -3.53. The molecule has 0 unspecified atom stereocenters. The highest BCUT2D eigenvalue weighted by molar-refractivity contribution is 5.96. The van der Waals surface area contributed by atoms with E-state index in [0.717, 1.165) is 12.1 Å². The molecule has 0 aromatic heterocycles. The highest BCUT2D eigenvalue weighted by Gasteiger charge is 2.51. The van der Waals surface area contributed by atoms with Crippen molar-refractivity contribution in [3.05, 3.63) is 42.0 Å². The fourth-order valence-electron chi connectivity index (χ4n) is 3.52. The van der Waals surface area contributed by atoms with Crippen molar-refractivity contribution < 1.29 is 27.9 Å².